The number of aryl methyl sites for hydroxylation is 1. The van der Waals surface area contributed by atoms with E-state index in [9.17, 15) is 13.2 Å². The fourth-order valence-electron chi connectivity index (χ4n) is 4.13. The smallest absolute Gasteiger partial charge is 0.260 e. The number of nitrogens with one attached hydrogen (secondary N) is 2. The number of benzene rings is 2. The summed E-state index contributed by atoms with van der Waals surface area (Å²) in [4.78, 5) is 17.6. The van der Waals surface area contributed by atoms with E-state index in [1.54, 1.807) is 6.07 Å². The first-order valence-electron chi connectivity index (χ1n) is 11.6. The molecule has 3 aromatic rings. The molecule has 0 radical (unpaired) electrons. The van der Waals surface area contributed by atoms with Gasteiger partial charge in [-0.3, -0.25) is 4.79 Å². The molecule has 2 N–H and O–H groups in total. The lowest BCUT2D eigenvalue weighted by atomic mass is 10.1. The van der Waals surface area contributed by atoms with Crippen LogP contribution in [0.2, 0.25) is 0 Å². The zero-order chi connectivity index (χ0) is 25.2. The molecule has 1 aromatic heterocycles. The fraction of sp³-hybridized carbons (Fsp3) is 0.400. The second kappa shape index (κ2) is 10.2. The minimum Gasteiger partial charge on any atom is -0.495 e. The van der Waals surface area contributed by atoms with Crippen molar-refractivity contribution in [3.8, 4) is 17.2 Å². The summed E-state index contributed by atoms with van der Waals surface area (Å²) in [5.41, 5.74) is 2.08. The minimum atomic E-state index is -3.87. The van der Waals surface area contributed by atoms with Gasteiger partial charge < -0.3 is 14.6 Å². The van der Waals surface area contributed by atoms with Crippen LogP contribution in [0.1, 0.15) is 67.2 Å². The predicted octanol–water partition coefficient (Wildman–Crippen LogP) is 4.65. The summed E-state index contributed by atoms with van der Waals surface area (Å²) in [7, 11) is -2.47. The van der Waals surface area contributed by atoms with E-state index in [0.717, 1.165) is 31.2 Å². The first-order chi connectivity index (χ1) is 16.7. The molecule has 0 atom stereocenters. The van der Waals surface area contributed by atoms with Gasteiger partial charge in [0.25, 0.3) is 11.8 Å². The van der Waals surface area contributed by atoms with Crippen molar-refractivity contribution in [1.29, 1.82) is 0 Å². The van der Waals surface area contributed by atoms with Crippen LogP contribution in [0.4, 0.5) is 5.69 Å². The number of sulfonamides is 1. The lowest BCUT2D eigenvalue weighted by molar-refractivity contribution is 0.102. The highest BCUT2D eigenvalue weighted by atomic mass is 32.2. The summed E-state index contributed by atoms with van der Waals surface area (Å²) in [5, 5.41) is 6.91. The Morgan fingerprint density at radius 1 is 1.17 bits per heavy atom. The topological polar surface area (TPSA) is 123 Å². The fourth-order valence-corrected chi connectivity index (χ4v) is 5.63. The number of amides is 1. The Morgan fingerprint density at radius 2 is 1.91 bits per heavy atom. The number of hydrogen-bond donors (Lipinski definition) is 2. The van der Waals surface area contributed by atoms with Crippen molar-refractivity contribution in [2.24, 2.45) is 0 Å². The molecule has 0 unspecified atom stereocenters. The Balaban J connectivity index is 1.65. The van der Waals surface area contributed by atoms with Crippen LogP contribution in [0.3, 0.4) is 0 Å². The average molecular weight is 499 g/mol. The van der Waals surface area contributed by atoms with E-state index in [4.69, 9.17) is 9.26 Å². The molecule has 0 spiro atoms. The van der Waals surface area contributed by atoms with Gasteiger partial charge in [-0.1, -0.05) is 44.0 Å². The Kier molecular flexibility index (Phi) is 7.23. The molecule has 1 aliphatic rings. The highest BCUT2D eigenvalue weighted by Gasteiger charge is 2.27. The zero-order valence-electron chi connectivity index (χ0n) is 20.3. The number of hydrogen-bond acceptors (Lipinski definition) is 7. The Labute approximate surface area is 205 Å². The molecule has 1 amide bonds. The van der Waals surface area contributed by atoms with Gasteiger partial charge in [-0.25, -0.2) is 13.1 Å². The lowest BCUT2D eigenvalue weighted by Crippen LogP contribution is -2.33. The SMILES string of the molecule is COc1ccc(C(=O)Nc2c(C)cccc2-c2nc(C(C)C)no2)cc1S(=O)(=O)NC1CCCC1. The monoisotopic (exact) mass is 498 g/mol. The first kappa shape index (κ1) is 24.9. The molecule has 35 heavy (non-hydrogen) atoms. The van der Waals surface area contributed by atoms with Gasteiger partial charge in [0, 0.05) is 17.5 Å². The van der Waals surface area contributed by atoms with E-state index >= 15 is 0 Å². The molecule has 1 heterocycles. The summed E-state index contributed by atoms with van der Waals surface area (Å²) >= 11 is 0. The van der Waals surface area contributed by atoms with Crippen molar-refractivity contribution in [1.82, 2.24) is 14.9 Å². The largest absolute Gasteiger partial charge is 0.495 e. The molecule has 4 rings (SSSR count). The van der Waals surface area contributed by atoms with E-state index in [2.05, 4.69) is 20.2 Å². The normalized spacial score (nSPS) is 14.4. The molecule has 186 valence electrons. The average Bonchev–Trinajstić information content (AvgIpc) is 3.52. The third kappa shape index (κ3) is 5.38. The van der Waals surface area contributed by atoms with E-state index in [1.807, 2.05) is 32.9 Å². The molecule has 1 saturated carbocycles. The Hall–Kier alpha value is -3.24. The van der Waals surface area contributed by atoms with E-state index < -0.39 is 15.9 Å². The summed E-state index contributed by atoms with van der Waals surface area (Å²) < 4.78 is 39.7. The molecule has 1 aliphatic carbocycles. The van der Waals surface area contributed by atoms with Gasteiger partial charge in [0.15, 0.2) is 5.82 Å². The van der Waals surface area contributed by atoms with Gasteiger partial charge in [0.2, 0.25) is 10.0 Å². The number of carbonyl (C=O) groups excluding carboxylic acids is 1. The molecule has 9 nitrogen and oxygen atoms in total. The summed E-state index contributed by atoms with van der Waals surface area (Å²) in [6.45, 7) is 5.78. The minimum absolute atomic E-state index is 0.0666. The van der Waals surface area contributed by atoms with Gasteiger partial charge >= 0.3 is 0 Å². The second-order valence-corrected chi connectivity index (χ2v) is 10.7. The molecule has 0 saturated heterocycles. The van der Waals surface area contributed by atoms with Crippen molar-refractivity contribution in [2.45, 2.75) is 63.3 Å². The number of methoxy groups -OCH3 is 1. The van der Waals surface area contributed by atoms with E-state index in [0.29, 0.717) is 23.0 Å². The number of anilines is 1. The molecular formula is C25H30N4O5S. The van der Waals surface area contributed by atoms with E-state index in [-0.39, 0.29) is 28.2 Å². The van der Waals surface area contributed by atoms with Crippen molar-refractivity contribution in [3.63, 3.8) is 0 Å². The van der Waals surface area contributed by atoms with Gasteiger partial charge in [-0.2, -0.15) is 4.98 Å². The highest BCUT2D eigenvalue weighted by Crippen LogP contribution is 2.32. The van der Waals surface area contributed by atoms with Crippen LogP contribution in [0.25, 0.3) is 11.5 Å². The molecule has 10 heteroatoms. The van der Waals surface area contributed by atoms with Crippen LogP contribution >= 0.6 is 0 Å². The highest BCUT2D eigenvalue weighted by molar-refractivity contribution is 7.89. The maximum Gasteiger partial charge on any atom is 0.260 e. The molecule has 1 fully saturated rings. The number of nitrogens with zero attached hydrogens (tertiary/aromatic N) is 2. The third-order valence-electron chi connectivity index (χ3n) is 6.09. The van der Waals surface area contributed by atoms with Crippen LogP contribution in [-0.2, 0) is 10.0 Å². The number of para-hydroxylation sites is 1. The Morgan fingerprint density at radius 3 is 2.57 bits per heavy atom. The number of carbonyl (C=O) groups is 1. The molecule has 0 aliphatic heterocycles. The maximum atomic E-state index is 13.3. The second-order valence-electron chi connectivity index (χ2n) is 9.03. The van der Waals surface area contributed by atoms with Crippen LogP contribution < -0.4 is 14.8 Å². The summed E-state index contributed by atoms with van der Waals surface area (Å²) in [6, 6.07) is 9.74. The number of ether oxygens (including phenoxy) is 1. The summed E-state index contributed by atoms with van der Waals surface area (Å²) in [6.07, 6.45) is 3.58. The van der Waals surface area contributed by atoms with Gasteiger partial charge in [-0.15, -0.1) is 0 Å². The quantitative estimate of drug-likeness (QED) is 0.463. The van der Waals surface area contributed by atoms with Crippen LogP contribution in [0, 0.1) is 6.92 Å². The zero-order valence-corrected chi connectivity index (χ0v) is 21.1. The van der Waals surface area contributed by atoms with Crippen molar-refractivity contribution in [3.05, 3.63) is 53.3 Å². The predicted molar refractivity (Wildman–Crippen MR) is 132 cm³/mol. The summed E-state index contributed by atoms with van der Waals surface area (Å²) in [5.74, 6) is 0.665. The van der Waals surface area contributed by atoms with Crippen molar-refractivity contribution in [2.75, 3.05) is 12.4 Å². The van der Waals surface area contributed by atoms with Crippen molar-refractivity contribution >= 4 is 21.6 Å². The van der Waals surface area contributed by atoms with Gasteiger partial charge in [-0.05, 0) is 49.6 Å². The van der Waals surface area contributed by atoms with Crippen LogP contribution in [-0.4, -0.2) is 37.6 Å². The maximum absolute atomic E-state index is 13.3. The Bertz CT molecular complexity index is 1330. The lowest BCUT2D eigenvalue weighted by Gasteiger charge is -2.16. The van der Waals surface area contributed by atoms with Crippen LogP contribution in [0.5, 0.6) is 5.75 Å². The molecule has 0 bridgehead atoms. The van der Waals surface area contributed by atoms with Gasteiger partial charge in [0.1, 0.15) is 10.6 Å². The number of rotatable bonds is 8. The number of aromatic nitrogens is 2. The van der Waals surface area contributed by atoms with Crippen molar-refractivity contribution < 1.29 is 22.5 Å². The first-order valence-corrected chi connectivity index (χ1v) is 13.1. The standard InChI is InChI=1S/C25H30N4O5S/c1-15(2)23-27-25(34-28-23)19-11-7-8-16(3)22(19)26-24(30)17-12-13-20(33-4)21(14-17)35(31,32)29-18-9-5-6-10-18/h7-8,11-15,18,29H,5-6,9-10H2,1-4H3,(H,26,30). The van der Waals surface area contributed by atoms with Gasteiger partial charge in [0.05, 0.1) is 18.4 Å². The molecule has 2 aromatic carbocycles. The third-order valence-corrected chi connectivity index (χ3v) is 7.63. The van der Waals surface area contributed by atoms with E-state index in [1.165, 1.54) is 25.3 Å². The van der Waals surface area contributed by atoms with Crippen LogP contribution in [0.15, 0.2) is 45.8 Å². The molecular weight excluding hydrogens is 468 g/mol.